The third-order valence-corrected chi connectivity index (χ3v) is 4.17. The molecule has 2 N–H and O–H groups in total. The molecule has 0 aliphatic carbocycles. The maximum absolute atomic E-state index is 11.8. The highest BCUT2D eigenvalue weighted by Crippen LogP contribution is 2.33. The summed E-state index contributed by atoms with van der Waals surface area (Å²) in [5.74, 6) is -0.272. The van der Waals surface area contributed by atoms with Gasteiger partial charge in [0.05, 0.1) is 0 Å². The maximum Gasteiger partial charge on any atom is 0.240 e. The Morgan fingerprint density at radius 3 is 2.71 bits per heavy atom. The number of fused-ring (bicyclic) bond motifs is 1. The van der Waals surface area contributed by atoms with Crippen LogP contribution >= 0.6 is 11.6 Å². The summed E-state index contributed by atoms with van der Waals surface area (Å²) in [6.45, 7) is 0.670. The Morgan fingerprint density at radius 1 is 1.24 bits per heavy atom. The lowest BCUT2D eigenvalue weighted by atomic mass is 9.94. The van der Waals surface area contributed by atoms with Crippen LogP contribution in [-0.2, 0) is 17.8 Å². The summed E-state index contributed by atoms with van der Waals surface area (Å²) in [5, 5.41) is 0.728. The average molecular weight is 301 g/mol. The number of hydrogen-bond acceptors (Lipinski definition) is 2. The number of anilines is 1. The van der Waals surface area contributed by atoms with Gasteiger partial charge in [0.1, 0.15) is 6.04 Å². The summed E-state index contributed by atoms with van der Waals surface area (Å²) < 4.78 is 0. The van der Waals surface area contributed by atoms with E-state index in [1.54, 1.807) is 0 Å². The minimum atomic E-state index is -0.272. The number of aryl methyl sites for hydroxylation is 1. The van der Waals surface area contributed by atoms with E-state index in [0.717, 1.165) is 29.1 Å². The van der Waals surface area contributed by atoms with E-state index in [4.69, 9.17) is 17.3 Å². The molecule has 1 atom stereocenters. The summed E-state index contributed by atoms with van der Waals surface area (Å²) in [6, 6.07) is 15.7. The van der Waals surface area contributed by atoms with Gasteiger partial charge in [0.15, 0.2) is 0 Å². The van der Waals surface area contributed by atoms with Crippen molar-refractivity contribution in [3.8, 4) is 0 Å². The van der Waals surface area contributed by atoms with Gasteiger partial charge in [-0.15, -0.1) is 0 Å². The van der Waals surface area contributed by atoms with Crippen LogP contribution in [-0.4, -0.2) is 11.9 Å². The van der Waals surface area contributed by atoms with Gasteiger partial charge in [0.25, 0.3) is 0 Å². The van der Waals surface area contributed by atoms with Gasteiger partial charge in [0.2, 0.25) is 5.91 Å². The summed E-state index contributed by atoms with van der Waals surface area (Å²) in [6.07, 6.45) is 1.56. The fourth-order valence-corrected chi connectivity index (χ4v) is 3.12. The first-order chi connectivity index (χ1) is 10.1. The van der Waals surface area contributed by atoms with Crippen LogP contribution in [0.4, 0.5) is 5.69 Å². The van der Waals surface area contributed by atoms with Gasteiger partial charge >= 0.3 is 0 Å². The first-order valence-electron chi connectivity index (χ1n) is 7.03. The number of nitrogens with zero attached hydrogens (tertiary/aromatic N) is 1. The molecule has 0 saturated carbocycles. The lowest BCUT2D eigenvalue weighted by Gasteiger charge is -2.37. The van der Waals surface area contributed by atoms with E-state index in [-0.39, 0.29) is 11.9 Å². The number of carbonyl (C=O) groups excluding carboxylic acids is 1. The fraction of sp³-hybridized carbons (Fsp3) is 0.235. The summed E-state index contributed by atoms with van der Waals surface area (Å²) >= 11 is 6.07. The van der Waals surface area contributed by atoms with Crippen molar-refractivity contribution in [2.24, 2.45) is 5.73 Å². The molecule has 4 heteroatoms. The van der Waals surface area contributed by atoms with E-state index in [2.05, 4.69) is 17.0 Å². The second-order valence-corrected chi connectivity index (χ2v) is 5.78. The molecule has 0 spiro atoms. The Kier molecular flexibility index (Phi) is 3.84. The Labute approximate surface area is 129 Å². The van der Waals surface area contributed by atoms with Crippen LogP contribution in [0.1, 0.15) is 17.5 Å². The number of primary amides is 1. The number of benzene rings is 2. The largest absolute Gasteiger partial charge is 0.368 e. The first-order valence-corrected chi connectivity index (χ1v) is 7.41. The van der Waals surface area contributed by atoms with E-state index < -0.39 is 0 Å². The number of nitrogens with two attached hydrogens (primary N) is 1. The molecule has 1 unspecified atom stereocenters. The van der Waals surface area contributed by atoms with Crippen LogP contribution in [0, 0.1) is 0 Å². The lowest BCUT2D eigenvalue weighted by molar-refractivity contribution is -0.119. The Balaban J connectivity index is 1.98. The summed E-state index contributed by atoms with van der Waals surface area (Å²) in [7, 11) is 0. The van der Waals surface area contributed by atoms with Crippen LogP contribution in [0.3, 0.4) is 0 Å². The predicted octanol–water partition coefficient (Wildman–Crippen LogP) is 3.15. The minimum absolute atomic E-state index is 0.265. The third-order valence-electron chi connectivity index (χ3n) is 3.94. The molecule has 108 valence electrons. The van der Waals surface area contributed by atoms with Crippen LogP contribution < -0.4 is 10.6 Å². The average Bonchev–Trinajstić information content (AvgIpc) is 2.48. The molecule has 0 bridgehead atoms. The van der Waals surface area contributed by atoms with E-state index >= 15 is 0 Å². The zero-order chi connectivity index (χ0) is 14.8. The number of carbonyl (C=O) groups is 1. The van der Waals surface area contributed by atoms with Crippen molar-refractivity contribution in [1.82, 2.24) is 0 Å². The molecule has 1 aliphatic rings. The highest BCUT2D eigenvalue weighted by Gasteiger charge is 2.30. The molecule has 0 aromatic heterocycles. The molecule has 2 aromatic rings. The Morgan fingerprint density at radius 2 is 2.00 bits per heavy atom. The molecule has 3 nitrogen and oxygen atoms in total. The molecule has 1 amide bonds. The van der Waals surface area contributed by atoms with Gasteiger partial charge in [-0.1, -0.05) is 41.9 Å². The quantitative estimate of drug-likeness (QED) is 0.946. The molecule has 1 heterocycles. The molecule has 0 saturated heterocycles. The molecule has 0 radical (unpaired) electrons. The smallest absolute Gasteiger partial charge is 0.240 e. The normalized spacial score (nSPS) is 17.4. The van der Waals surface area contributed by atoms with Crippen molar-refractivity contribution in [1.29, 1.82) is 0 Å². The van der Waals surface area contributed by atoms with Gasteiger partial charge in [-0.3, -0.25) is 4.79 Å². The van der Waals surface area contributed by atoms with Crippen molar-refractivity contribution < 1.29 is 4.79 Å². The number of amides is 1. The highest BCUT2D eigenvalue weighted by atomic mass is 35.5. The van der Waals surface area contributed by atoms with Crippen molar-refractivity contribution in [3.05, 3.63) is 64.7 Å². The van der Waals surface area contributed by atoms with Gasteiger partial charge in [0, 0.05) is 17.3 Å². The molecular formula is C17H17ClN2O. The van der Waals surface area contributed by atoms with Crippen molar-refractivity contribution >= 4 is 23.2 Å². The standard InChI is InChI=1S/C17H17ClN2O/c18-14-7-9-15-13(10-14)6-8-16(17(19)21)20(15)11-12-4-2-1-3-5-12/h1-5,7,9-10,16H,6,8,11H2,(H2,19,21). The third kappa shape index (κ3) is 2.88. The monoisotopic (exact) mass is 300 g/mol. The van der Waals surface area contributed by atoms with Crippen molar-refractivity contribution in [3.63, 3.8) is 0 Å². The topological polar surface area (TPSA) is 46.3 Å². The van der Waals surface area contributed by atoms with Gasteiger partial charge in [-0.2, -0.15) is 0 Å². The van der Waals surface area contributed by atoms with E-state index in [0.29, 0.717) is 6.54 Å². The second-order valence-electron chi connectivity index (χ2n) is 5.34. The van der Waals surface area contributed by atoms with E-state index in [1.165, 1.54) is 5.56 Å². The number of hydrogen-bond donors (Lipinski definition) is 1. The lowest BCUT2D eigenvalue weighted by Crippen LogP contribution is -2.47. The SMILES string of the molecule is NC(=O)C1CCc2cc(Cl)ccc2N1Cc1ccccc1. The highest BCUT2D eigenvalue weighted by molar-refractivity contribution is 6.30. The maximum atomic E-state index is 11.8. The molecule has 21 heavy (non-hydrogen) atoms. The van der Waals surface area contributed by atoms with E-state index in [9.17, 15) is 4.79 Å². The van der Waals surface area contributed by atoms with Crippen LogP contribution in [0.5, 0.6) is 0 Å². The van der Waals surface area contributed by atoms with Gasteiger partial charge in [-0.05, 0) is 42.2 Å². The molecular weight excluding hydrogens is 284 g/mol. The van der Waals surface area contributed by atoms with Crippen LogP contribution in [0.25, 0.3) is 0 Å². The van der Waals surface area contributed by atoms with Crippen LogP contribution in [0.15, 0.2) is 48.5 Å². The minimum Gasteiger partial charge on any atom is -0.368 e. The van der Waals surface area contributed by atoms with Gasteiger partial charge < -0.3 is 10.6 Å². The van der Waals surface area contributed by atoms with Gasteiger partial charge in [-0.25, -0.2) is 0 Å². The summed E-state index contributed by atoms with van der Waals surface area (Å²) in [4.78, 5) is 13.9. The fourth-order valence-electron chi connectivity index (χ4n) is 2.92. The number of halogens is 1. The molecule has 0 fully saturated rings. The van der Waals surface area contributed by atoms with Crippen molar-refractivity contribution in [2.75, 3.05) is 4.90 Å². The molecule has 1 aliphatic heterocycles. The first kappa shape index (κ1) is 14.0. The zero-order valence-electron chi connectivity index (χ0n) is 11.6. The predicted molar refractivity (Wildman–Crippen MR) is 85.4 cm³/mol. The van der Waals surface area contributed by atoms with Crippen LogP contribution in [0.2, 0.25) is 5.02 Å². The molecule has 2 aromatic carbocycles. The number of rotatable bonds is 3. The zero-order valence-corrected chi connectivity index (χ0v) is 12.4. The molecule has 3 rings (SSSR count). The Bertz CT molecular complexity index is 657. The summed E-state index contributed by atoms with van der Waals surface area (Å²) in [5.41, 5.74) is 8.98. The second kappa shape index (κ2) is 5.78. The van der Waals surface area contributed by atoms with Crippen molar-refractivity contribution in [2.45, 2.75) is 25.4 Å². The Hall–Kier alpha value is -2.00. The van der Waals surface area contributed by atoms with E-state index in [1.807, 2.05) is 36.4 Å².